The molecule has 340 valence electrons. The van der Waals surface area contributed by atoms with Crippen LogP contribution >= 0.6 is 0 Å². The number of aldehydes is 1. The first-order valence-corrected chi connectivity index (χ1v) is 21.3. The molecule has 59 heavy (non-hydrogen) atoms. The van der Waals surface area contributed by atoms with E-state index < -0.39 is 29.9 Å². The van der Waals surface area contributed by atoms with Gasteiger partial charge >= 0.3 is 11.9 Å². The highest BCUT2D eigenvalue weighted by molar-refractivity contribution is 5.88. The van der Waals surface area contributed by atoms with E-state index in [4.69, 9.17) is 29.2 Å². The lowest BCUT2D eigenvalue weighted by Gasteiger charge is -2.15. The molecule has 0 aromatic carbocycles. The molecule has 0 saturated heterocycles. The summed E-state index contributed by atoms with van der Waals surface area (Å²) >= 11 is 0. The van der Waals surface area contributed by atoms with Crippen LogP contribution in [0.15, 0.2) is 0 Å². The van der Waals surface area contributed by atoms with Crippen LogP contribution in [0.1, 0.15) is 135 Å². The molecule has 0 aliphatic heterocycles. The predicted octanol–water partition coefficient (Wildman–Crippen LogP) is 3.01. The van der Waals surface area contributed by atoms with Crippen LogP contribution in [-0.4, -0.2) is 136 Å². The van der Waals surface area contributed by atoms with Gasteiger partial charge in [-0.05, 0) is 32.6 Å². The van der Waals surface area contributed by atoms with E-state index in [1.54, 1.807) is 0 Å². The summed E-state index contributed by atoms with van der Waals surface area (Å²) in [5, 5.41) is 27.8. The van der Waals surface area contributed by atoms with E-state index in [2.05, 4.69) is 21.3 Å². The van der Waals surface area contributed by atoms with E-state index in [-0.39, 0.29) is 122 Å². The number of aliphatic carboxylic acids is 2. The predicted molar refractivity (Wildman–Crippen MR) is 218 cm³/mol. The number of rotatable bonds is 43. The van der Waals surface area contributed by atoms with Crippen LogP contribution in [0.2, 0.25) is 0 Å². The number of ketones is 1. The first-order chi connectivity index (χ1) is 28.4. The molecule has 0 aromatic heterocycles. The van der Waals surface area contributed by atoms with Crippen LogP contribution in [0.4, 0.5) is 0 Å². The monoisotopic (exact) mass is 845 g/mol. The van der Waals surface area contributed by atoms with Crippen molar-refractivity contribution in [3.63, 3.8) is 0 Å². The fourth-order valence-electron chi connectivity index (χ4n) is 5.74. The lowest BCUT2D eigenvalue weighted by Crippen LogP contribution is -2.42. The molecule has 6 N–H and O–H groups in total. The van der Waals surface area contributed by atoms with E-state index in [0.717, 1.165) is 44.9 Å². The van der Waals surface area contributed by atoms with Crippen LogP contribution in [0, 0.1) is 0 Å². The standard InChI is InChI=1S/C41H72N4O14/c1-33(47)35(19-21-41(54)55)45-39(51)32-59-29-27-57-25-23-43-38(50)31-58-28-26-56-24-22-42-36(48)20-18-34(30-46)44-37(49)16-14-12-10-8-6-4-2-3-5-7-9-11-13-15-17-40(52)53/h30,34-35H,2-29,31-32H2,1H3,(H,42,48)(H,43,50)(H,44,49)(H,45,51)(H,52,53)(H,54,55)/t34-,35-/m0/s1. The highest BCUT2D eigenvalue weighted by atomic mass is 16.5. The Morgan fingerprint density at radius 1 is 0.475 bits per heavy atom. The van der Waals surface area contributed by atoms with Gasteiger partial charge in [0.05, 0.1) is 51.7 Å². The van der Waals surface area contributed by atoms with E-state index in [1.807, 2.05) is 0 Å². The van der Waals surface area contributed by atoms with Crippen molar-refractivity contribution in [2.45, 2.75) is 147 Å². The molecule has 18 heteroatoms. The minimum absolute atomic E-state index is 0.00297. The molecule has 0 spiro atoms. The molecule has 0 heterocycles. The van der Waals surface area contributed by atoms with Crippen molar-refractivity contribution in [3.8, 4) is 0 Å². The van der Waals surface area contributed by atoms with Crippen LogP contribution in [0.25, 0.3) is 0 Å². The maximum atomic E-state index is 12.3. The van der Waals surface area contributed by atoms with Crippen molar-refractivity contribution < 1.29 is 67.5 Å². The van der Waals surface area contributed by atoms with Gasteiger partial charge in [0.1, 0.15) is 19.5 Å². The van der Waals surface area contributed by atoms with Crippen molar-refractivity contribution in [1.82, 2.24) is 21.3 Å². The number of hydrogen-bond acceptors (Lipinski definition) is 12. The SMILES string of the molecule is CC(=O)[C@H](CCC(=O)O)NC(=O)COCCOCCNC(=O)COCCOCCNC(=O)CC[C@@H](C=O)NC(=O)CCCCCCCCCCCCCCCCC(=O)O. The Kier molecular flexibility index (Phi) is 36.8. The van der Waals surface area contributed by atoms with Gasteiger partial charge in [-0.1, -0.05) is 77.0 Å². The Bertz CT molecular complexity index is 1190. The number of hydrogen-bond donors (Lipinski definition) is 6. The first-order valence-electron chi connectivity index (χ1n) is 21.3. The largest absolute Gasteiger partial charge is 0.481 e. The highest BCUT2D eigenvalue weighted by Crippen LogP contribution is 2.14. The zero-order valence-electron chi connectivity index (χ0n) is 35.2. The summed E-state index contributed by atoms with van der Waals surface area (Å²) < 4.78 is 21.2. The van der Waals surface area contributed by atoms with Gasteiger partial charge < -0.3 is 55.2 Å². The van der Waals surface area contributed by atoms with Crippen molar-refractivity contribution in [2.75, 3.05) is 65.9 Å². The quantitative estimate of drug-likeness (QED) is 0.0381. The highest BCUT2D eigenvalue weighted by Gasteiger charge is 2.18. The van der Waals surface area contributed by atoms with Crippen LogP contribution in [-0.2, 0) is 57.3 Å². The number of ether oxygens (including phenoxy) is 4. The molecule has 0 aliphatic rings. The van der Waals surface area contributed by atoms with Gasteiger partial charge in [0.15, 0.2) is 5.78 Å². The number of unbranched alkanes of at least 4 members (excludes halogenated alkanes) is 13. The minimum atomic E-state index is -1.06. The second-order valence-electron chi connectivity index (χ2n) is 14.4. The molecule has 0 radical (unpaired) electrons. The number of carbonyl (C=O) groups is 8. The Morgan fingerprint density at radius 3 is 1.39 bits per heavy atom. The number of Topliss-reactive ketones (excluding diaryl/α,β-unsaturated/α-hetero) is 1. The van der Waals surface area contributed by atoms with Crippen molar-refractivity contribution in [1.29, 1.82) is 0 Å². The lowest BCUT2D eigenvalue weighted by atomic mass is 10.0. The Hall–Kier alpha value is -4.00. The van der Waals surface area contributed by atoms with Gasteiger partial charge in [0.2, 0.25) is 23.6 Å². The Balaban J connectivity index is 3.64. The van der Waals surface area contributed by atoms with Gasteiger partial charge in [-0.2, -0.15) is 0 Å². The third kappa shape index (κ3) is 39.2. The average molecular weight is 845 g/mol. The second-order valence-corrected chi connectivity index (χ2v) is 14.4. The zero-order chi connectivity index (χ0) is 43.8. The minimum Gasteiger partial charge on any atom is -0.481 e. The molecular weight excluding hydrogens is 772 g/mol. The Labute approximate surface area is 349 Å². The first kappa shape index (κ1) is 55.0. The van der Waals surface area contributed by atoms with E-state index in [1.165, 1.54) is 51.9 Å². The third-order valence-electron chi connectivity index (χ3n) is 9.06. The number of amides is 4. The molecule has 0 fully saturated rings. The number of nitrogens with one attached hydrogen (secondary N) is 4. The topological polar surface area (TPSA) is 262 Å². The number of carboxylic acid groups (broad SMARTS) is 2. The molecule has 0 unspecified atom stereocenters. The second kappa shape index (κ2) is 39.5. The summed E-state index contributed by atoms with van der Waals surface area (Å²) in [5.74, 6) is -3.45. The summed E-state index contributed by atoms with van der Waals surface area (Å²) in [4.78, 5) is 92.4. The molecular formula is C41H72N4O14. The third-order valence-corrected chi connectivity index (χ3v) is 9.06. The maximum Gasteiger partial charge on any atom is 0.303 e. The van der Waals surface area contributed by atoms with Crippen LogP contribution in [0.5, 0.6) is 0 Å². The lowest BCUT2D eigenvalue weighted by molar-refractivity contribution is -0.138. The van der Waals surface area contributed by atoms with Gasteiger partial charge in [0, 0.05) is 38.8 Å². The van der Waals surface area contributed by atoms with E-state index in [9.17, 15) is 38.4 Å². The normalized spacial score (nSPS) is 11.9. The van der Waals surface area contributed by atoms with Gasteiger partial charge in [-0.3, -0.25) is 33.6 Å². The molecule has 0 rings (SSSR count). The summed E-state index contributed by atoms with van der Waals surface area (Å²) in [6, 6.07) is -1.60. The Morgan fingerprint density at radius 2 is 0.915 bits per heavy atom. The molecule has 0 saturated carbocycles. The van der Waals surface area contributed by atoms with E-state index >= 15 is 0 Å². The summed E-state index contributed by atoms with van der Waals surface area (Å²) in [5.41, 5.74) is 0. The summed E-state index contributed by atoms with van der Waals surface area (Å²) in [6.07, 6.45) is 16.7. The molecule has 0 aromatic rings. The summed E-state index contributed by atoms with van der Waals surface area (Å²) in [7, 11) is 0. The molecule has 18 nitrogen and oxygen atoms in total. The van der Waals surface area contributed by atoms with Crippen molar-refractivity contribution in [3.05, 3.63) is 0 Å². The van der Waals surface area contributed by atoms with E-state index in [0.29, 0.717) is 12.7 Å². The summed E-state index contributed by atoms with van der Waals surface area (Å²) in [6.45, 7) is 2.33. The molecule has 2 atom stereocenters. The fraction of sp³-hybridized carbons (Fsp3) is 0.805. The average Bonchev–Trinajstić information content (AvgIpc) is 3.19. The van der Waals surface area contributed by atoms with Crippen LogP contribution in [0.3, 0.4) is 0 Å². The van der Waals surface area contributed by atoms with Crippen LogP contribution < -0.4 is 21.3 Å². The van der Waals surface area contributed by atoms with Crippen molar-refractivity contribution >= 4 is 47.6 Å². The van der Waals surface area contributed by atoms with Gasteiger partial charge in [0.25, 0.3) is 0 Å². The zero-order valence-corrected chi connectivity index (χ0v) is 35.2. The molecule has 0 bridgehead atoms. The molecule has 4 amide bonds. The number of carboxylic acids is 2. The van der Waals surface area contributed by atoms with Crippen molar-refractivity contribution in [2.24, 2.45) is 0 Å². The fourth-order valence-corrected chi connectivity index (χ4v) is 5.74. The van der Waals surface area contributed by atoms with Gasteiger partial charge in [-0.15, -0.1) is 0 Å². The number of carbonyl (C=O) groups excluding carboxylic acids is 6. The molecule has 0 aliphatic carbocycles. The smallest absolute Gasteiger partial charge is 0.303 e. The maximum absolute atomic E-state index is 12.3. The van der Waals surface area contributed by atoms with Gasteiger partial charge in [-0.25, -0.2) is 0 Å².